The van der Waals surface area contributed by atoms with Crippen molar-refractivity contribution in [1.29, 1.82) is 0 Å². The van der Waals surface area contributed by atoms with Gasteiger partial charge in [-0.15, -0.1) is 6.42 Å². The fraction of sp³-hybridized carbons (Fsp3) is 0.450. The summed E-state index contributed by atoms with van der Waals surface area (Å²) in [5.74, 6) is 3.21. The number of terminal acetylenes is 1. The van der Waals surface area contributed by atoms with Gasteiger partial charge in [0.25, 0.3) is 0 Å². The molecule has 1 aliphatic heterocycles. The summed E-state index contributed by atoms with van der Waals surface area (Å²) in [6, 6.07) is 4.99. The Labute approximate surface area is 149 Å². The first-order valence-corrected chi connectivity index (χ1v) is 10.6. The van der Waals surface area contributed by atoms with Crippen molar-refractivity contribution in [3.05, 3.63) is 34.9 Å². The molecule has 0 atom stereocenters. The van der Waals surface area contributed by atoms with E-state index in [0.717, 1.165) is 49.2 Å². The molecule has 0 bridgehead atoms. The second-order valence-electron chi connectivity index (χ2n) is 6.90. The van der Waals surface area contributed by atoms with Gasteiger partial charge >= 0.3 is 0 Å². The molecule has 0 amide bonds. The maximum absolute atomic E-state index is 12.5. The van der Waals surface area contributed by atoms with Crippen molar-refractivity contribution in [3.63, 3.8) is 0 Å². The second kappa shape index (κ2) is 6.68. The number of carbonyl (C=O) groups is 1. The topological polar surface area (TPSA) is 54.5 Å². The minimum absolute atomic E-state index is 0.0604. The molecule has 3 rings (SSSR count). The Morgan fingerprint density at radius 1 is 1.28 bits per heavy atom. The minimum Gasteiger partial charge on any atom is -0.370 e. The molecule has 1 fully saturated rings. The largest absolute Gasteiger partial charge is 0.370 e. The van der Waals surface area contributed by atoms with E-state index in [-0.39, 0.29) is 17.1 Å². The molecule has 132 valence electrons. The smallest absolute Gasteiger partial charge is 0.177 e. The Hall–Kier alpha value is -2.06. The zero-order chi connectivity index (χ0) is 18.2. The fourth-order valence-electron chi connectivity index (χ4n) is 3.73. The Morgan fingerprint density at radius 3 is 2.52 bits per heavy atom. The number of Topliss-reactive ketones (excluding diaryl/α,β-unsaturated/α-hetero) is 1. The van der Waals surface area contributed by atoms with Crippen LogP contribution in [0.3, 0.4) is 0 Å². The average molecular weight is 357 g/mol. The van der Waals surface area contributed by atoms with E-state index in [1.54, 1.807) is 18.2 Å². The molecule has 0 saturated carbocycles. The predicted molar refractivity (Wildman–Crippen MR) is 98.6 cm³/mol. The standard InChI is InChI=1S/C20H23NO3S/c1-4-14-8-10-21(11-9-14)20-17(5-2)19(22)12-15-6-7-16(13-18(15)20)25(3,23)24/h2,6-7,13-14H,4,8-12H2,1,3H3. The number of carbonyl (C=O) groups excluding carboxylic acids is 1. The Morgan fingerprint density at radius 2 is 1.96 bits per heavy atom. The summed E-state index contributed by atoms with van der Waals surface area (Å²) in [6.07, 6.45) is 10.4. The lowest BCUT2D eigenvalue weighted by atomic mass is 9.86. The van der Waals surface area contributed by atoms with Crippen molar-refractivity contribution in [2.24, 2.45) is 5.92 Å². The SMILES string of the molecule is C#CC1=C(N2CCC(CC)CC2)c2cc(S(C)(=O)=O)ccc2CC1=O. The zero-order valence-corrected chi connectivity index (χ0v) is 15.5. The molecule has 0 unspecified atom stereocenters. The van der Waals surface area contributed by atoms with Gasteiger partial charge in [-0.2, -0.15) is 0 Å². The lowest BCUT2D eigenvalue weighted by Gasteiger charge is -2.37. The van der Waals surface area contributed by atoms with Crippen LogP contribution >= 0.6 is 0 Å². The Kier molecular flexibility index (Phi) is 4.75. The van der Waals surface area contributed by atoms with Gasteiger partial charge in [-0.3, -0.25) is 4.79 Å². The highest BCUT2D eigenvalue weighted by molar-refractivity contribution is 7.90. The van der Waals surface area contributed by atoms with Gasteiger partial charge < -0.3 is 4.90 Å². The number of fused-ring (bicyclic) bond motifs is 1. The van der Waals surface area contributed by atoms with Crippen LogP contribution in [-0.4, -0.2) is 38.4 Å². The normalized spacial score (nSPS) is 18.9. The first-order valence-electron chi connectivity index (χ1n) is 8.67. The van der Waals surface area contributed by atoms with Crippen molar-refractivity contribution in [2.45, 2.75) is 37.5 Å². The maximum Gasteiger partial charge on any atom is 0.177 e. The number of hydrogen-bond acceptors (Lipinski definition) is 4. The van der Waals surface area contributed by atoms with E-state index in [2.05, 4.69) is 17.7 Å². The number of rotatable bonds is 3. The van der Waals surface area contributed by atoms with Gasteiger partial charge in [0, 0.05) is 31.3 Å². The van der Waals surface area contributed by atoms with Crippen LogP contribution in [-0.2, 0) is 21.1 Å². The molecule has 1 saturated heterocycles. The number of nitrogens with zero attached hydrogens (tertiary/aromatic N) is 1. The van der Waals surface area contributed by atoms with Gasteiger partial charge in [-0.05, 0) is 36.5 Å². The van der Waals surface area contributed by atoms with Crippen LogP contribution in [0, 0.1) is 18.3 Å². The van der Waals surface area contributed by atoms with Gasteiger partial charge in [-0.1, -0.05) is 25.3 Å². The fourth-order valence-corrected chi connectivity index (χ4v) is 4.38. The average Bonchev–Trinajstić information content (AvgIpc) is 2.59. The van der Waals surface area contributed by atoms with Crippen LogP contribution in [0.25, 0.3) is 5.70 Å². The number of allylic oxidation sites excluding steroid dienone is 1. The van der Waals surface area contributed by atoms with Gasteiger partial charge in [0.05, 0.1) is 16.2 Å². The summed E-state index contributed by atoms with van der Waals surface area (Å²) in [7, 11) is -3.32. The van der Waals surface area contributed by atoms with Crippen LogP contribution in [0.5, 0.6) is 0 Å². The summed E-state index contributed by atoms with van der Waals surface area (Å²) < 4.78 is 23.9. The first kappa shape index (κ1) is 17.8. The molecule has 4 nitrogen and oxygen atoms in total. The predicted octanol–water partition coefficient (Wildman–Crippen LogP) is 2.68. The van der Waals surface area contributed by atoms with E-state index < -0.39 is 9.84 Å². The van der Waals surface area contributed by atoms with Crippen LogP contribution in [0.1, 0.15) is 37.3 Å². The third-order valence-electron chi connectivity index (χ3n) is 5.28. The minimum atomic E-state index is -3.32. The summed E-state index contributed by atoms with van der Waals surface area (Å²) in [5.41, 5.74) is 2.77. The summed E-state index contributed by atoms with van der Waals surface area (Å²) in [5, 5.41) is 0. The van der Waals surface area contributed by atoms with Gasteiger partial charge in [-0.25, -0.2) is 8.42 Å². The van der Waals surface area contributed by atoms with E-state index in [1.807, 2.05) is 0 Å². The van der Waals surface area contributed by atoms with Crippen molar-refractivity contribution in [2.75, 3.05) is 19.3 Å². The van der Waals surface area contributed by atoms with Crippen LogP contribution < -0.4 is 0 Å². The van der Waals surface area contributed by atoms with Gasteiger partial charge in [0.2, 0.25) is 0 Å². The highest BCUT2D eigenvalue weighted by Gasteiger charge is 2.31. The number of hydrogen-bond donors (Lipinski definition) is 0. The lowest BCUT2D eigenvalue weighted by Crippen LogP contribution is -2.35. The van der Waals surface area contributed by atoms with Crippen molar-refractivity contribution >= 4 is 21.3 Å². The molecule has 0 radical (unpaired) electrons. The Balaban J connectivity index is 2.11. The first-order chi connectivity index (χ1) is 11.8. The highest BCUT2D eigenvalue weighted by Crippen LogP contribution is 2.36. The molecule has 2 aliphatic rings. The molecule has 0 aromatic heterocycles. The summed E-state index contributed by atoms with van der Waals surface area (Å²) >= 11 is 0. The van der Waals surface area contributed by atoms with E-state index in [1.165, 1.54) is 6.26 Å². The van der Waals surface area contributed by atoms with E-state index in [0.29, 0.717) is 11.5 Å². The van der Waals surface area contributed by atoms with Crippen molar-refractivity contribution < 1.29 is 13.2 Å². The van der Waals surface area contributed by atoms with Gasteiger partial charge in [0.1, 0.15) is 0 Å². The summed E-state index contributed by atoms with van der Waals surface area (Å²) in [6.45, 7) is 3.88. The molecule has 0 spiro atoms. The third kappa shape index (κ3) is 3.36. The number of piperidine rings is 1. The molecule has 0 N–H and O–H groups in total. The van der Waals surface area contributed by atoms with Crippen molar-refractivity contribution in [3.8, 4) is 12.3 Å². The molecule has 5 heteroatoms. The number of sulfone groups is 1. The van der Waals surface area contributed by atoms with E-state index in [9.17, 15) is 13.2 Å². The molecule has 1 aromatic rings. The van der Waals surface area contributed by atoms with Crippen LogP contribution in [0.2, 0.25) is 0 Å². The molecule has 1 aliphatic carbocycles. The Bertz CT molecular complexity index is 882. The number of ketones is 1. The summed E-state index contributed by atoms with van der Waals surface area (Å²) in [4.78, 5) is 14.9. The zero-order valence-electron chi connectivity index (χ0n) is 14.7. The number of likely N-dealkylation sites (tertiary alicyclic amines) is 1. The highest BCUT2D eigenvalue weighted by atomic mass is 32.2. The molecule has 1 aromatic carbocycles. The van der Waals surface area contributed by atoms with Crippen LogP contribution in [0.4, 0.5) is 0 Å². The molecular formula is C20H23NO3S. The monoisotopic (exact) mass is 357 g/mol. The molecule has 1 heterocycles. The number of benzene rings is 1. The second-order valence-corrected chi connectivity index (χ2v) is 8.91. The lowest BCUT2D eigenvalue weighted by molar-refractivity contribution is -0.114. The van der Waals surface area contributed by atoms with Crippen LogP contribution in [0.15, 0.2) is 28.7 Å². The quantitative estimate of drug-likeness (QED) is 0.781. The van der Waals surface area contributed by atoms with Gasteiger partial charge in [0.15, 0.2) is 15.6 Å². The van der Waals surface area contributed by atoms with Crippen molar-refractivity contribution in [1.82, 2.24) is 4.90 Å². The van der Waals surface area contributed by atoms with E-state index in [4.69, 9.17) is 6.42 Å². The molecule has 25 heavy (non-hydrogen) atoms. The third-order valence-corrected chi connectivity index (χ3v) is 6.39. The molecular weight excluding hydrogens is 334 g/mol. The maximum atomic E-state index is 12.5. The van der Waals surface area contributed by atoms with E-state index >= 15 is 0 Å².